The summed E-state index contributed by atoms with van der Waals surface area (Å²) in [7, 11) is 1.66. The molecule has 0 saturated heterocycles. The second kappa shape index (κ2) is 12.6. The molecule has 0 radical (unpaired) electrons. The number of nitrogens with zero attached hydrogens (tertiary/aromatic N) is 4. The Labute approximate surface area is 259 Å². The average Bonchev–Trinajstić information content (AvgIpc) is 3.56. The number of aromatic nitrogens is 4. The molecule has 0 aliphatic rings. The molecule has 0 aliphatic heterocycles. The zero-order valence-corrected chi connectivity index (χ0v) is 25.5. The van der Waals surface area contributed by atoms with Gasteiger partial charge in [-0.05, 0) is 47.2 Å². The number of aryl methyl sites for hydroxylation is 1. The van der Waals surface area contributed by atoms with E-state index in [4.69, 9.17) is 24.4 Å². The molecular weight excluding hydrogens is 544 g/mol. The Morgan fingerprint density at radius 1 is 0.727 bits per heavy atom. The number of rotatable bonds is 10. The second-order valence-electron chi connectivity index (χ2n) is 11.1. The molecule has 0 N–H and O–H groups in total. The quantitative estimate of drug-likeness (QED) is 0.153. The standard InChI is InChI=1S/C38H36N4O2/c1-27(2)35-28(3)40-36(41-37(35)44-25-29-20-22-33(43-4)23-21-29)34-24-42(26-39-34)38(30-14-8-5-9-15-30,31-16-10-6-11-17-31)32-18-12-7-13-19-32/h5-24,26-27H,25H2,1-4H3. The molecule has 6 nitrogen and oxygen atoms in total. The van der Waals surface area contributed by atoms with Crippen molar-refractivity contribution >= 4 is 0 Å². The molecule has 0 amide bonds. The molecular formula is C38H36N4O2. The molecule has 6 rings (SSSR count). The SMILES string of the molecule is COc1ccc(COc2nc(-c3cn(C(c4ccccc4)(c4ccccc4)c4ccccc4)cn3)nc(C)c2C(C)C)cc1. The normalized spacial score (nSPS) is 11.5. The van der Waals surface area contributed by atoms with Crippen molar-refractivity contribution in [3.05, 3.63) is 161 Å². The van der Waals surface area contributed by atoms with E-state index in [2.05, 4.69) is 91.2 Å². The molecule has 0 atom stereocenters. The Morgan fingerprint density at radius 2 is 1.27 bits per heavy atom. The van der Waals surface area contributed by atoms with Crippen molar-refractivity contribution in [2.45, 2.75) is 38.8 Å². The maximum atomic E-state index is 6.36. The Hall–Kier alpha value is -5.23. The second-order valence-corrected chi connectivity index (χ2v) is 11.1. The number of methoxy groups -OCH3 is 1. The first-order valence-electron chi connectivity index (χ1n) is 14.9. The number of hydrogen-bond acceptors (Lipinski definition) is 5. The topological polar surface area (TPSA) is 62.1 Å². The lowest BCUT2D eigenvalue weighted by atomic mass is 9.77. The Kier molecular flexibility index (Phi) is 8.24. The first-order valence-corrected chi connectivity index (χ1v) is 14.9. The summed E-state index contributed by atoms with van der Waals surface area (Å²) in [5.74, 6) is 2.10. The van der Waals surface area contributed by atoms with Gasteiger partial charge in [-0.1, -0.05) is 117 Å². The zero-order valence-electron chi connectivity index (χ0n) is 25.5. The van der Waals surface area contributed by atoms with Gasteiger partial charge in [0, 0.05) is 17.5 Å². The van der Waals surface area contributed by atoms with Crippen LogP contribution in [0.2, 0.25) is 0 Å². The van der Waals surface area contributed by atoms with Crippen LogP contribution in [0, 0.1) is 6.92 Å². The molecule has 0 unspecified atom stereocenters. The maximum absolute atomic E-state index is 6.36. The largest absolute Gasteiger partial charge is 0.497 e. The van der Waals surface area contributed by atoms with Gasteiger partial charge in [0.15, 0.2) is 5.82 Å². The van der Waals surface area contributed by atoms with E-state index in [-0.39, 0.29) is 5.92 Å². The van der Waals surface area contributed by atoms with Gasteiger partial charge in [-0.15, -0.1) is 0 Å². The molecule has 2 heterocycles. The van der Waals surface area contributed by atoms with Gasteiger partial charge in [0.2, 0.25) is 5.88 Å². The molecule has 0 saturated carbocycles. The maximum Gasteiger partial charge on any atom is 0.221 e. The molecule has 2 aromatic heterocycles. The van der Waals surface area contributed by atoms with Crippen LogP contribution in [0.5, 0.6) is 11.6 Å². The van der Waals surface area contributed by atoms with Crippen LogP contribution in [0.1, 0.15) is 53.3 Å². The van der Waals surface area contributed by atoms with E-state index < -0.39 is 5.54 Å². The third-order valence-corrected chi connectivity index (χ3v) is 7.99. The smallest absolute Gasteiger partial charge is 0.221 e. The summed E-state index contributed by atoms with van der Waals surface area (Å²) in [5.41, 5.74) is 6.27. The van der Waals surface area contributed by atoms with Crippen LogP contribution >= 0.6 is 0 Å². The first kappa shape index (κ1) is 28.9. The number of hydrogen-bond donors (Lipinski definition) is 0. The van der Waals surface area contributed by atoms with E-state index in [1.165, 1.54) is 0 Å². The average molecular weight is 581 g/mol. The molecule has 0 bridgehead atoms. The molecule has 220 valence electrons. The monoisotopic (exact) mass is 580 g/mol. The summed E-state index contributed by atoms with van der Waals surface area (Å²) in [6, 6.07) is 39.5. The highest BCUT2D eigenvalue weighted by molar-refractivity contribution is 5.55. The van der Waals surface area contributed by atoms with Crippen molar-refractivity contribution in [2.24, 2.45) is 0 Å². The van der Waals surface area contributed by atoms with Crippen molar-refractivity contribution in [1.29, 1.82) is 0 Å². The van der Waals surface area contributed by atoms with E-state index in [1.54, 1.807) is 7.11 Å². The summed E-state index contributed by atoms with van der Waals surface area (Å²) in [5, 5.41) is 0. The third-order valence-electron chi connectivity index (χ3n) is 7.99. The van der Waals surface area contributed by atoms with Crippen LogP contribution in [0.3, 0.4) is 0 Å². The van der Waals surface area contributed by atoms with Gasteiger partial charge >= 0.3 is 0 Å². The summed E-state index contributed by atoms with van der Waals surface area (Å²) >= 11 is 0. The van der Waals surface area contributed by atoms with Crippen molar-refractivity contribution in [3.8, 4) is 23.1 Å². The van der Waals surface area contributed by atoms with Gasteiger partial charge in [0.05, 0.1) is 13.4 Å². The van der Waals surface area contributed by atoms with E-state index >= 15 is 0 Å². The van der Waals surface area contributed by atoms with Crippen LogP contribution < -0.4 is 9.47 Å². The van der Waals surface area contributed by atoms with Crippen molar-refractivity contribution in [1.82, 2.24) is 19.5 Å². The third kappa shape index (κ3) is 5.47. The molecule has 0 aliphatic carbocycles. The molecule has 6 heteroatoms. The predicted molar refractivity (Wildman–Crippen MR) is 174 cm³/mol. The lowest BCUT2D eigenvalue weighted by Gasteiger charge is -2.37. The van der Waals surface area contributed by atoms with Crippen LogP contribution in [-0.2, 0) is 12.1 Å². The van der Waals surface area contributed by atoms with Gasteiger partial charge in [-0.25, -0.2) is 9.97 Å². The molecule has 0 spiro atoms. The fourth-order valence-corrected chi connectivity index (χ4v) is 5.92. The minimum absolute atomic E-state index is 0.189. The lowest BCUT2D eigenvalue weighted by molar-refractivity contribution is 0.288. The molecule has 6 aromatic rings. The van der Waals surface area contributed by atoms with E-state index in [9.17, 15) is 0 Å². The summed E-state index contributed by atoms with van der Waals surface area (Å²) in [6.07, 6.45) is 3.93. The highest BCUT2D eigenvalue weighted by Gasteiger charge is 2.38. The van der Waals surface area contributed by atoms with Crippen LogP contribution in [-0.4, -0.2) is 26.6 Å². The minimum Gasteiger partial charge on any atom is -0.497 e. The molecule has 44 heavy (non-hydrogen) atoms. The van der Waals surface area contributed by atoms with E-state index in [0.29, 0.717) is 24.0 Å². The van der Waals surface area contributed by atoms with E-state index in [0.717, 1.165) is 39.3 Å². The molecule has 4 aromatic carbocycles. The zero-order chi connectivity index (χ0) is 30.5. The van der Waals surface area contributed by atoms with Gasteiger partial charge in [0.1, 0.15) is 23.6 Å². The van der Waals surface area contributed by atoms with Gasteiger partial charge in [-0.2, -0.15) is 4.98 Å². The van der Waals surface area contributed by atoms with Crippen molar-refractivity contribution in [2.75, 3.05) is 7.11 Å². The van der Waals surface area contributed by atoms with Crippen molar-refractivity contribution in [3.63, 3.8) is 0 Å². The fraction of sp³-hybridized carbons (Fsp3) is 0.184. The minimum atomic E-state index is -0.671. The van der Waals surface area contributed by atoms with Gasteiger partial charge in [-0.3, -0.25) is 0 Å². The highest BCUT2D eigenvalue weighted by Crippen LogP contribution is 2.41. The molecule has 0 fully saturated rings. The Balaban J connectivity index is 1.46. The Bertz CT molecular complexity index is 1720. The number of benzene rings is 4. The van der Waals surface area contributed by atoms with Gasteiger partial charge in [0.25, 0.3) is 0 Å². The number of imidazole rings is 1. The van der Waals surface area contributed by atoms with Crippen molar-refractivity contribution < 1.29 is 9.47 Å². The van der Waals surface area contributed by atoms with Crippen LogP contribution in [0.4, 0.5) is 0 Å². The summed E-state index contributed by atoms with van der Waals surface area (Å²) in [4.78, 5) is 14.8. The Morgan fingerprint density at radius 3 is 1.77 bits per heavy atom. The highest BCUT2D eigenvalue weighted by atomic mass is 16.5. The van der Waals surface area contributed by atoms with E-state index in [1.807, 2.05) is 61.9 Å². The van der Waals surface area contributed by atoms with Crippen LogP contribution in [0.15, 0.2) is 128 Å². The summed E-state index contributed by atoms with van der Waals surface area (Å²) in [6.45, 7) is 6.66. The lowest BCUT2D eigenvalue weighted by Crippen LogP contribution is -2.36. The fourth-order valence-electron chi connectivity index (χ4n) is 5.92. The van der Waals surface area contributed by atoms with Gasteiger partial charge < -0.3 is 14.0 Å². The number of ether oxygens (including phenoxy) is 2. The predicted octanol–water partition coefficient (Wildman–Crippen LogP) is 8.20. The first-order chi connectivity index (χ1) is 21.5. The van der Waals surface area contributed by atoms with Crippen LogP contribution in [0.25, 0.3) is 11.5 Å². The summed E-state index contributed by atoms with van der Waals surface area (Å²) < 4.78 is 13.8.